The predicted octanol–water partition coefficient (Wildman–Crippen LogP) is 4.45. The molecule has 1 aromatic heterocycles. The predicted molar refractivity (Wildman–Crippen MR) is 91.9 cm³/mol. The molecular weight excluding hydrogens is 298 g/mol. The van der Waals surface area contributed by atoms with E-state index in [1.807, 2.05) is 22.4 Å². The topological polar surface area (TPSA) is 20.3 Å². The molecule has 2 aromatic rings. The Morgan fingerprint density at radius 2 is 2.10 bits per heavy atom. The molecule has 0 saturated heterocycles. The van der Waals surface area contributed by atoms with E-state index in [0.29, 0.717) is 13.0 Å². The van der Waals surface area contributed by atoms with Crippen molar-refractivity contribution < 1.29 is 4.79 Å². The summed E-state index contributed by atoms with van der Waals surface area (Å²) in [5.74, 6) is 0.196. The maximum atomic E-state index is 12.5. The zero-order valence-electron chi connectivity index (χ0n) is 12.7. The number of hydrogen-bond acceptors (Lipinski definition) is 3. The third-order valence-corrected chi connectivity index (χ3v) is 4.94. The van der Waals surface area contributed by atoms with Crippen LogP contribution in [-0.4, -0.2) is 23.1 Å². The van der Waals surface area contributed by atoms with Gasteiger partial charge in [-0.15, -0.1) is 23.1 Å². The lowest BCUT2D eigenvalue weighted by atomic mass is 10.1. The molecule has 1 aromatic carbocycles. The standard InChI is InChI=1S/C17H21NOS2/c1-13(2)18(17(19)11-16-8-5-9-21-16)12-14-6-4-7-15(10-14)20-3/h4-10,13H,11-12H2,1-3H3. The van der Waals surface area contributed by atoms with E-state index in [1.54, 1.807) is 23.1 Å². The summed E-state index contributed by atoms with van der Waals surface area (Å²) in [7, 11) is 0. The van der Waals surface area contributed by atoms with Gasteiger partial charge in [0.15, 0.2) is 0 Å². The summed E-state index contributed by atoms with van der Waals surface area (Å²) in [5, 5.41) is 2.02. The van der Waals surface area contributed by atoms with Crippen molar-refractivity contribution >= 4 is 29.0 Å². The minimum absolute atomic E-state index is 0.196. The molecule has 112 valence electrons. The number of thioether (sulfide) groups is 1. The fourth-order valence-electron chi connectivity index (χ4n) is 2.19. The van der Waals surface area contributed by atoms with Crippen molar-refractivity contribution in [3.05, 3.63) is 52.2 Å². The molecule has 0 radical (unpaired) electrons. The molecule has 0 saturated carbocycles. The van der Waals surface area contributed by atoms with Gasteiger partial charge in [0.2, 0.25) is 5.91 Å². The molecule has 2 rings (SSSR count). The van der Waals surface area contributed by atoms with Crippen LogP contribution >= 0.6 is 23.1 Å². The van der Waals surface area contributed by atoms with Crippen LogP contribution < -0.4 is 0 Å². The van der Waals surface area contributed by atoms with Crippen LogP contribution in [0.15, 0.2) is 46.7 Å². The first-order chi connectivity index (χ1) is 10.1. The fraction of sp³-hybridized carbons (Fsp3) is 0.353. The molecule has 0 spiro atoms. The van der Waals surface area contributed by atoms with Crippen LogP contribution in [0.4, 0.5) is 0 Å². The highest BCUT2D eigenvalue weighted by Crippen LogP contribution is 2.19. The fourth-order valence-corrected chi connectivity index (χ4v) is 3.37. The summed E-state index contributed by atoms with van der Waals surface area (Å²) in [6.07, 6.45) is 2.57. The SMILES string of the molecule is CSc1cccc(CN(C(=O)Cc2cccs2)C(C)C)c1. The Balaban J connectivity index is 2.09. The van der Waals surface area contributed by atoms with Gasteiger partial charge >= 0.3 is 0 Å². The van der Waals surface area contributed by atoms with E-state index in [2.05, 4.69) is 44.4 Å². The lowest BCUT2D eigenvalue weighted by molar-refractivity contribution is -0.132. The highest BCUT2D eigenvalue weighted by Gasteiger charge is 2.18. The highest BCUT2D eigenvalue weighted by atomic mass is 32.2. The van der Waals surface area contributed by atoms with Crippen LogP contribution in [0.2, 0.25) is 0 Å². The maximum absolute atomic E-state index is 12.5. The van der Waals surface area contributed by atoms with Crippen LogP contribution in [0.3, 0.4) is 0 Å². The second-order valence-corrected chi connectivity index (χ2v) is 7.13. The molecule has 0 aliphatic rings. The largest absolute Gasteiger partial charge is 0.336 e. The van der Waals surface area contributed by atoms with E-state index < -0.39 is 0 Å². The number of benzene rings is 1. The van der Waals surface area contributed by atoms with Gasteiger partial charge in [0.25, 0.3) is 0 Å². The maximum Gasteiger partial charge on any atom is 0.228 e. The van der Waals surface area contributed by atoms with Crippen molar-refractivity contribution in [1.29, 1.82) is 0 Å². The first-order valence-corrected chi connectivity index (χ1v) is 9.15. The first kappa shape index (κ1) is 16.1. The van der Waals surface area contributed by atoms with Crippen molar-refractivity contribution in [3.63, 3.8) is 0 Å². The molecule has 0 aliphatic carbocycles. The van der Waals surface area contributed by atoms with Gasteiger partial charge in [-0.25, -0.2) is 0 Å². The Morgan fingerprint density at radius 3 is 2.71 bits per heavy atom. The summed E-state index contributed by atoms with van der Waals surface area (Å²) < 4.78 is 0. The minimum atomic E-state index is 0.196. The van der Waals surface area contributed by atoms with Crippen molar-refractivity contribution in [1.82, 2.24) is 4.90 Å². The second kappa shape index (κ2) is 7.66. The van der Waals surface area contributed by atoms with E-state index in [4.69, 9.17) is 0 Å². The van der Waals surface area contributed by atoms with Gasteiger partial charge < -0.3 is 4.90 Å². The van der Waals surface area contributed by atoms with E-state index in [-0.39, 0.29) is 11.9 Å². The quantitative estimate of drug-likeness (QED) is 0.733. The molecule has 2 nitrogen and oxygen atoms in total. The lowest BCUT2D eigenvalue weighted by Gasteiger charge is -2.27. The summed E-state index contributed by atoms with van der Waals surface area (Å²) in [5.41, 5.74) is 1.19. The van der Waals surface area contributed by atoms with Crippen LogP contribution in [0, 0.1) is 0 Å². The Kier molecular flexibility index (Phi) is 5.88. The van der Waals surface area contributed by atoms with Crippen LogP contribution in [0.25, 0.3) is 0 Å². The Morgan fingerprint density at radius 1 is 1.29 bits per heavy atom. The van der Waals surface area contributed by atoms with Gasteiger partial charge in [-0.3, -0.25) is 4.79 Å². The van der Waals surface area contributed by atoms with Gasteiger partial charge in [-0.1, -0.05) is 18.2 Å². The molecule has 0 bridgehead atoms. The summed E-state index contributed by atoms with van der Waals surface area (Å²) in [6, 6.07) is 12.6. The normalized spacial score (nSPS) is 10.9. The molecular formula is C17H21NOS2. The van der Waals surface area contributed by atoms with Crippen molar-refractivity contribution in [3.8, 4) is 0 Å². The molecule has 4 heteroatoms. The third kappa shape index (κ3) is 4.61. The number of thiophene rings is 1. The molecule has 0 N–H and O–H groups in total. The van der Waals surface area contributed by atoms with Gasteiger partial charge in [-0.2, -0.15) is 0 Å². The van der Waals surface area contributed by atoms with Crippen molar-refractivity contribution in [2.75, 3.05) is 6.26 Å². The van der Waals surface area contributed by atoms with Crippen LogP contribution in [0.5, 0.6) is 0 Å². The van der Waals surface area contributed by atoms with Gasteiger partial charge in [-0.05, 0) is 49.2 Å². The summed E-state index contributed by atoms with van der Waals surface area (Å²) >= 11 is 3.37. The monoisotopic (exact) mass is 319 g/mol. The Hall–Kier alpha value is -1.26. The average molecular weight is 319 g/mol. The number of carbonyl (C=O) groups is 1. The number of amides is 1. The zero-order chi connectivity index (χ0) is 15.2. The van der Waals surface area contributed by atoms with Gasteiger partial charge in [0, 0.05) is 22.4 Å². The molecule has 0 atom stereocenters. The van der Waals surface area contributed by atoms with Crippen LogP contribution in [0.1, 0.15) is 24.3 Å². The number of hydrogen-bond donors (Lipinski definition) is 0. The second-order valence-electron chi connectivity index (χ2n) is 5.22. The van der Waals surface area contributed by atoms with Crippen molar-refractivity contribution in [2.45, 2.75) is 37.8 Å². The molecule has 1 amide bonds. The molecule has 0 unspecified atom stereocenters. The number of rotatable bonds is 6. The highest BCUT2D eigenvalue weighted by molar-refractivity contribution is 7.98. The average Bonchev–Trinajstić information content (AvgIpc) is 2.97. The lowest BCUT2D eigenvalue weighted by Crippen LogP contribution is -2.37. The van der Waals surface area contributed by atoms with Gasteiger partial charge in [0.05, 0.1) is 6.42 Å². The number of nitrogens with zero attached hydrogens (tertiary/aromatic N) is 1. The smallest absolute Gasteiger partial charge is 0.228 e. The molecule has 0 fully saturated rings. The van der Waals surface area contributed by atoms with E-state index in [0.717, 1.165) is 4.88 Å². The molecule has 0 aliphatic heterocycles. The summed E-state index contributed by atoms with van der Waals surface area (Å²) in [4.78, 5) is 16.9. The first-order valence-electron chi connectivity index (χ1n) is 7.05. The van der Waals surface area contributed by atoms with Crippen LogP contribution in [-0.2, 0) is 17.8 Å². The Bertz CT molecular complexity index is 578. The minimum Gasteiger partial charge on any atom is -0.336 e. The molecule has 1 heterocycles. The van der Waals surface area contributed by atoms with Crippen molar-refractivity contribution in [2.24, 2.45) is 0 Å². The summed E-state index contributed by atoms with van der Waals surface area (Å²) in [6.45, 7) is 4.83. The van der Waals surface area contributed by atoms with Gasteiger partial charge in [0.1, 0.15) is 0 Å². The van der Waals surface area contributed by atoms with E-state index in [1.165, 1.54) is 10.5 Å². The zero-order valence-corrected chi connectivity index (χ0v) is 14.3. The Labute approximate surface area is 135 Å². The van der Waals surface area contributed by atoms with E-state index in [9.17, 15) is 4.79 Å². The number of carbonyl (C=O) groups excluding carboxylic acids is 1. The third-order valence-electron chi connectivity index (χ3n) is 3.34. The van der Waals surface area contributed by atoms with E-state index >= 15 is 0 Å². The molecule has 21 heavy (non-hydrogen) atoms.